The van der Waals surface area contributed by atoms with Gasteiger partial charge in [0.25, 0.3) is 0 Å². The summed E-state index contributed by atoms with van der Waals surface area (Å²) in [6, 6.07) is 14.3. The molecule has 6 nitrogen and oxygen atoms in total. The topological polar surface area (TPSA) is 91.5 Å². The van der Waals surface area contributed by atoms with Gasteiger partial charge in [0.2, 0.25) is 5.95 Å². The second-order valence-electron chi connectivity index (χ2n) is 4.98. The van der Waals surface area contributed by atoms with Crippen molar-refractivity contribution in [2.24, 2.45) is 4.99 Å². The van der Waals surface area contributed by atoms with Gasteiger partial charge in [0.1, 0.15) is 16.9 Å². The number of rotatable bonds is 2. The highest BCUT2D eigenvalue weighted by molar-refractivity contribution is 5.94. The summed E-state index contributed by atoms with van der Waals surface area (Å²) in [5.74, 6) is 0.190. The lowest BCUT2D eigenvalue weighted by Crippen LogP contribution is -2.06. The average Bonchev–Trinajstić information content (AvgIpc) is 2.97. The summed E-state index contributed by atoms with van der Waals surface area (Å²) < 4.78 is 5.18. The zero-order valence-corrected chi connectivity index (χ0v) is 11.9. The van der Waals surface area contributed by atoms with Crippen LogP contribution in [0.2, 0.25) is 0 Å². The van der Waals surface area contributed by atoms with E-state index in [0.29, 0.717) is 16.9 Å². The van der Waals surface area contributed by atoms with Crippen LogP contribution < -0.4 is 5.63 Å². The maximum Gasteiger partial charge on any atom is 0.348 e. The van der Waals surface area contributed by atoms with E-state index in [-0.39, 0.29) is 11.3 Å². The first kappa shape index (κ1) is 13.3. The van der Waals surface area contributed by atoms with Gasteiger partial charge in [-0.05, 0) is 24.3 Å². The van der Waals surface area contributed by atoms with E-state index in [9.17, 15) is 9.90 Å². The van der Waals surface area contributed by atoms with Gasteiger partial charge in [0, 0.05) is 6.21 Å². The Balaban J connectivity index is 1.81. The van der Waals surface area contributed by atoms with Crippen molar-refractivity contribution in [3.05, 3.63) is 64.5 Å². The minimum atomic E-state index is -0.652. The number of nitrogens with zero attached hydrogens (tertiary/aromatic N) is 2. The van der Waals surface area contributed by atoms with Gasteiger partial charge in [0.15, 0.2) is 0 Å². The van der Waals surface area contributed by atoms with Crippen LogP contribution in [0.25, 0.3) is 22.0 Å². The molecule has 0 amide bonds. The Morgan fingerprint density at radius 1 is 1.13 bits per heavy atom. The first-order chi connectivity index (χ1) is 11.2. The number of fused-ring (bicyclic) bond motifs is 2. The average molecular weight is 305 g/mol. The first-order valence-corrected chi connectivity index (χ1v) is 6.96. The Kier molecular flexibility index (Phi) is 2.94. The Hall–Kier alpha value is -3.41. The van der Waals surface area contributed by atoms with Crippen LogP contribution in [0.3, 0.4) is 0 Å². The Morgan fingerprint density at radius 3 is 2.78 bits per heavy atom. The molecule has 0 aliphatic rings. The van der Waals surface area contributed by atoms with Crippen molar-refractivity contribution in [3.63, 3.8) is 0 Å². The maximum atomic E-state index is 12.0. The van der Waals surface area contributed by atoms with Gasteiger partial charge in [-0.3, -0.25) is 0 Å². The van der Waals surface area contributed by atoms with Gasteiger partial charge in [0.05, 0.1) is 16.4 Å². The molecule has 2 aromatic heterocycles. The molecule has 0 radical (unpaired) electrons. The number of hydrogen-bond donors (Lipinski definition) is 2. The van der Waals surface area contributed by atoms with E-state index in [1.807, 2.05) is 24.3 Å². The molecule has 23 heavy (non-hydrogen) atoms. The molecule has 0 unspecified atom stereocenters. The molecule has 6 heteroatoms. The number of aromatic amines is 1. The van der Waals surface area contributed by atoms with Gasteiger partial charge in [-0.15, -0.1) is 0 Å². The summed E-state index contributed by atoms with van der Waals surface area (Å²) in [6.45, 7) is 0. The number of aromatic nitrogens is 2. The number of nitrogens with one attached hydrogen (secondary N) is 1. The third kappa shape index (κ3) is 2.26. The molecule has 0 bridgehead atoms. The van der Waals surface area contributed by atoms with E-state index in [2.05, 4.69) is 15.0 Å². The third-order valence-electron chi connectivity index (χ3n) is 3.51. The van der Waals surface area contributed by atoms with E-state index in [0.717, 1.165) is 11.0 Å². The molecule has 0 aliphatic carbocycles. The second-order valence-corrected chi connectivity index (χ2v) is 4.98. The zero-order valence-electron chi connectivity index (χ0n) is 11.9. The van der Waals surface area contributed by atoms with Gasteiger partial charge in [-0.1, -0.05) is 24.3 Å². The molecule has 4 aromatic rings. The second kappa shape index (κ2) is 5.10. The van der Waals surface area contributed by atoms with Crippen molar-refractivity contribution in [3.8, 4) is 5.75 Å². The van der Waals surface area contributed by atoms with Crippen molar-refractivity contribution in [2.75, 3.05) is 0 Å². The smallest absolute Gasteiger partial charge is 0.348 e. The Morgan fingerprint density at radius 2 is 1.91 bits per heavy atom. The Bertz CT molecular complexity index is 1080. The molecule has 0 aliphatic heterocycles. The SMILES string of the molecule is O=c1oc2ccccc2c(O)c1/C=N/c1nc2ccccc2[nH]1. The molecule has 0 saturated carbocycles. The van der Waals surface area contributed by atoms with Crippen molar-refractivity contribution in [1.29, 1.82) is 0 Å². The van der Waals surface area contributed by atoms with E-state index < -0.39 is 5.63 Å². The lowest BCUT2D eigenvalue weighted by atomic mass is 10.1. The summed E-state index contributed by atoms with van der Waals surface area (Å²) >= 11 is 0. The summed E-state index contributed by atoms with van der Waals surface area (Å²) in [7, 11) is 0. The van der Waals surface area contributed by atoms with Gasteiger partial charge >= 0.3 is 5.63 Å². The number of hydrogen-bond acceptors (Lipinski definition) is 5. The molecule has 2 N–H and O–H groups in total. The Labute approximate surface area is 129 Å². The molecule has 2 heterocycles. The quantitative estimate of drug-likeness (QED) is 0.439. The van der Waals surface area contributed by atoms with Crippen LogP contribution in [0.4, 0.5) is 5.95 Å². The lowest BCUT2D eigenvalue weighted by molar-refractivity contribution is 0.466. The predicted molar refractivity (Wildman–Crippen MR) is 87.5 cm³/mol. The molecule has 112 valence electrons. The van der Waals surface area contributed by atoms with Crippen LogP contribution >= 0.6 is 0 Å². The standard InChI is InChI=1S/C17H11N3O3/c21-15-10-5-1-4-8-14(10)23-16(22)11(15)9-18-17-19-12-6-2-3-7-13(12)20-17/h1-9,21H,(H,19,20)/b18-9+. The molecule has 2 aromatic carbocycles. The highest BCUT2D eigenvalue weighted by atomic mass is 16.4. The number of aromatic hydroxyl groups is 1. The van der Waals surface area contributed by atoms with Crippen LogP contribution in [0, 0.1) is 0 Å². The van der Waals surface area contributed by atoms with Crippen LogP contribution in [-0.2, 0) is 0 Å². The summed E-state index contributed by atoms with van der Waals surface area (Å²) in [6.07, 6.45) is 1.26. The monoisotopic (exact) mass is 305 g/mol. The largest absolute Gasteiger partial charge is 0.506 e. The molecule has 0 spiro atoms. The van der Waals surface area contributed by atoms with Crippen LogP contribution in [-0.4, -0.2) is 21.3 Å². The lowest BCUT2D eigenvalue weighted by Gasteiger charge is -2.01. The summed E-state index contributed by atoms with van der Waals surface area (Å²) in [5.41, 5.74) is 1.28. The van der Waals surface area contributed by atoms with Crippen molar-refractivity contribution >= 4 is 34.2 Å². The fourth-order valence-electron chi connectivity index (χ4n) is 2.39. The normalized spacial score (nSPS) is 11.7. The maximum absolute atomic E-state index is 12.0. The summed E-state index contributed by atoms with van der Waals surface area (Å²) in [5, 5.41) is 10.7. The van der Waals surface area contributed by atoms with E-state index in [1.54, 1.807) is 24.3 Å². The molecular formula is C17H11N3O3. The molecule has 0 saturated heterocycles. The number of benzene rings is 2. The predicted octanol–water partition coefficient (Wildman–Crippen LogP) is 3.13. The third-order valence-corrected chi connectivity index (χ3v) is 3.51. The number of imidazole rings is 1. The highest BCUT2D eigenvalue weighted by Crippen LogP contribution is 2.25. The number of para-hydroxylation sites is 3. The minimum Gasteiger partial charge on any atom is -0.506 e. The van der Waals surface area contributed by atoms with Gasteiger partial charge in [-0.25, -0.2) is 14.8 Å². The minimum absolute atomic E-state index is 0.0100. The molecule has 4 rings (SSSR count). The van der Waals surface area contributed by atoms with Crippen molar-refractivity contribution < 1.29 is 9.52 Å². The van der Waals surface area contributed by atoms with Crippen LogP contribution in [0.15, 0.2) is 62.7 Å². The van der Waals surface area contributed by atoms with E-state index in [4.69, 9.17) is 4.42 Å². The van der Waals surface area contributed by atoms with Crippen molar-refractivity contribution in [1.82, 2.24) is 9.97 Å². The highest BCUT2D eigenvalue weighted by Gasteiger charge is 2.12. The van der Waals surface area contributed by atoms with Crippen LogP contribution in [0.1, 0.15) is 5.56 Å². The van der Waals surface area contributed by atoms with Gasteiger partial charge < -0.3 is 14.5 Å². The van der Waals surface area contributed by atoms with Gasteiger partial charge in [-0.2, -0.15) is 0 Å². The first-order valence-electron chi connectivity index (χ1n) is 6.96. The van der Waals surface area contributed by atoms with Crippen molar-refractivity contribution in [2.45, 2.75) is 0 Å². The fraction of sp³-hybridized carbons (Fsp3) is 0. The molecular weight excluding hydrogens is 294 g/mol. The number of H-pyrrole nitrogens is 1. The van der Waals surface area contributed by atoms with E-state index >= 15 is 0 Å². The van der Waals surface area contributed by atoms with E-state index in [1.165, 1.54) is 6.21 Å². The van der Waals surface area contributed by atoms with Crippen LogP contribution in [0.5, 0.6) is 5.75 Å². The fourth-order valence-corrected chi connectivity index (χ4v) is 2.39. The number of aliphatic imine (C=N–C) groups is 1. The zero-order chi connectivity index (χ0) is 15.8. The molecule has 0 fully saturated rings. The molecule has 0 atom stereocenters. The summed E-state index contributed by atoms with van der Waals surface area (Å²) in [4.78, 5) is 23.4.